The minimum atomic E-state index is -0.850. The van der Waals surface area contributed by atoms with Crippen LogP contribution >= 0.6 is 0 Å². The van der Waals surface area contributed by atoms with Gasteiger partial charge in [0.05, 0.1) is 24.3 Å². The molecule has 0 saturated carbocycles. The highest BCUT2D eigenvalue weighted by molar-refractivity contribution is 5.87. The average Bonchev–Trinajstić information content (AvgIpc) is 2.58. The number of aliphatic hydroxyl groups is 1. The summed E-state index contributed by atoms with van der Waals surface area (Å²) in [7, 11) is 1.40. The fourth-order valence-corrected chi connectivity index (χ4v) is 3.03. The molecule has 0 amide bonds. The van der Waals surface area contributed by atoms with Crippen LogP contribution in [0.3, 0.4) is 0 Å². The van der Waals surface area contributed by atoms with Gasteiger partial charge in [-0.2, -0.15) is 0 Å². The maximum atomic E-state index is 11.3. The standard InChI is InChI=1S/C18H18O5/c1-10-16(21)12(9-19)18(22-2)15-13(20)8-14(23-17(10)15)11-6-4-3-5-7-11/h3-7,9,13-14,20-21H,8H2,1-2H3/t13-,14+/m1/s1. The van der Waals surface area contributed by atoms with Gasteiger partial charge in [0.25, 0.3) is 0 Å². The van der Waals surface area contributed by atoms with Gasteiger partial charge in [0.15, 0.2) is 6.29 Å². The molecule has 0 radical (unpaired) electrons. The molecule has 120 valence electrons. The van der Waals surface area contributed by atoms with Crippen LogP contribution in [0.4, 0.5) is 0 Å². The molecule has 0 aliphatic carbocycles. The molecule has 0 aromatic heterocycles. The molecule has 0 fully saturated rings. The van der Waals surface area contributed by atoms with Crippen molar-refractivity contribution in [2.45, 2.75) is 25.6 Å². The van der Waals surface area contributed by atoms with E-state index in [2.05, 4.69) is 0 Å². The van der Waals surface area contributed by atoms with Gasteiger partial charge in [0, 0.05) is 12.0 Å². The summed E-state index contributed by atoms with van der Waals surface area (Å²) in [6.45, 7) is 1.65. The molecule has 0 bridgehead atoms. The number of rotatable bonds is 3. The van der Waals surface area contributed by atoms with Gasteiger partial charge in [-0.1, -0.05) is 30.3 Å². The van der Waals surface area contributed by atoms with Gasteiger partial charge < -0.3 is 19.7 Å². The Balaban J connectivity index is 2.15. The second-order valence-corrected chi connectivity index (χ2v) is 5.55. The SMILES string of the molecule is COc1c(C=O)c(O)c(C)c2c1[C@H](O)C[C@@H](c1ccccc1)O2. The summed E-state index contributed by atoms with van der Waals surface area (Å²) in [5.41, 5.74) is 1.80. The lowest BCUT2D eigenvalue weighted by Crippen LogP contribution is -2.21. The number of carbonyl (C=O) groups excluding carboxylic acids is 1. The fraction of sp³-hybridized carbons (Fsp3) is 0.278. The van der Waals surface area contributed by atoms with Crippen LogP contribution in [0.15, 0.2) is 30.3 Å². The predicted molar refractivity (Wildman–Crippen MR) is 84.2 cm³/mol. The van der Waals surface area contributed by atoms with E-state index in [0.29, 0.717) is 29.6 Å². The third kappa shape index (κ3) is 2.43. The Morgan fingerprint density at radius 2 is 2.00 bits per heavy atom. The average molecular weight is 314 g/mol. The van der Waals surface area contributed by atoms with Gasteiger partial charge in [0.2, 0.25) is 0 Å². The molecule has 0 unspecified atom stereocenters. The number of benzene rings is 2. The molecule has 2 N–H and O–H groups in total. The van der Waals surface area contributed by atoms with Gasteiger partial charge in [-0.3, -0.25) is 4.79 Å². The van der Waals surface area contributed by atoms with Crippen molar-refractivity contribution in [3.63, 3.8) is 0 Å². The summed E-state index contributed by atoms with van der Waals surface area (Å²) in [6, 6.07) is 9.57. The van der Waals surface area contributed by atoms with Gasteiger partial charge in [-0.25, -0.2) is 0 Å². The molecule has 5 nitrogen and oxygen atoms in total. The lowest BCUT2D eigenvalue weighted by Gasteiger charge is -2.33. The van der Waals surface area contributed by atoms with E-state index in [4.69, 9.17) is 9.47 Å². The van der Waals surface area contributed by atoms with Crippen LogP contribution in [-0.2, 0) is 0 Å². The summed E-state index contributed by atoms with van der Waals surface area (Å²) < 4.78 is 11.3. The Labute approximate surface area is 134 Å². The molecule has 5 heteroatoms. The minimum Gasteiger partial charge on any atom is -0.507 e. The second-order valence-electron chi connectivity index (χ2n) is 5.55. The normalized spacial score (nSPS) is 19.6. The van der Waals surface area contributed by atoms with Crippen LogP contribution in [0.25, 0.3) is 0 Å². The molecule has 2 atom stereocenters. The number of phenols is 1. The van der Waals surface area contributed by atoms with Crippen molar-refractivity contribution in [1.29, 1.82) is 0 Å². The lowest BCUT2D eigenvalue weighted by atomic mass is 9.90. The van der Waals surface area contributed by atoms with Crippen LogP contribution in [0, 0.1) is 6.92 Å². The molecule has 2 aromatic carbocycles. The maximum absolute atomic E-state index is 11.3. The van der Waals surface area contributed by atoms with E-state index in [1.54, 1.807) is 6.92 Å². The maximum Gasteiger partial charge on any atom is 0.157 e. The van der Waals surface area contributed by atoms with Crippen LogP contribution in [0.5, 0.6) is 17.2 Å². The molecular formula is C18H18O5. The first-order chi connectivity index (χ1) is 11.1. The zero-order chi connectivity index (χ0) is 16.6. The van der Waals surface area contributed by atoms with Crippen molar-refractivity contribution in [1.82, 2.24) is 0 Å². The number of phenolic OH excluding ortho intramolecular Hbond substituents is 1. The van der Waals surface area contributed by atoms with Gasteiger partial charge in [-0.05, 0) is 12.5 Å². The number of aromatic hydroxyl groups is 1. The highest BCUT2D eigenvalue weighted by Crippen LogP contribution is 2.51. The largest absolute Gasteiger partial charge is 0.507 e. The molecule has 1 heterocycles. The molecule has 23 heavy (non-hydrogen) atoms. The number of methoxy groups -OCH3 is 1. The van der Waals surface area contributed by atoms with Crippen LogP contribution < -0.4 is 9.47 Å². The first kappa shape index (κ1) is 15.4. The summed E-state index contributed by atoms with van der Waals surface area (Å²) in [6.07, 6.45) is -0.312. The fourth-order valence-electron chi connectivity index (χ4n) is 3.03. The number of aldehydes is 1. The third-order valence-corrected chi connectivity index (χ3v) is 4.21. The predicted octanol–water partition coefficient (Wildman–Crippen LogP) is 3.08. The molecule has 1 aliphatic heterocycles. The van der Waals surface area contributed by atoms with E-state index >= 15 is 0 Å². The zero-order valence-electron chi connectivity index (χ0n) is 12.9. The Hall–Kier alpha value is -2.53. The summed E-state index contributed by atoms with van der Waals surface area (Å²) in [5.74, 6) is 0.353. The van der Waals surface area contributed by atoms with E-state index in [1.165, 1.54) is 7.11 Å². The lowest BCUT2D eigenvalue weighted by molar-refractivity contribution is 0.0622. The van der Waals surface area contributed by atoms with Gasteiger partial charge in [-0.15, -0.1) is 0 Å². The first-order valence-corrected chi connectivity index (χ1v) is 7.36. The van der Waals surface area contributed by atoms with Crippen molar-refractivity contribution in [2.24, 2.45) is 0 Å². The first-order valence-electron chi connectivity index (χ1n) is 7.36. The molecule has 0 spiro atoms. The summed E-state index contributed by atoms with van der Waals surface area (Å²) in [5, 5.41) is 20.8. The zero-order valence-corrected chi connectivity index (χ0v) is 12.9. The minimum absolute atomic E-state index is 0.0320. The van der Waals surface area contributed by atoms with E-state index in [0.717, 1.165) is 5.56 Å². The Kier molecular flexibility index (Phi) is 3.96. The molecular weight excluding hydrogens is 296 g/mol. The van der Waals surface area contributed by atoms with Crippen molar-refractivity contribution in [3.05, 3.63) is 52.6 Å². The number of aliphatic hydroxyl groups excluding tert-OH is 1. The molecule has 2 aromatic rings. The number of hydrogen-bond donors (Lipinski definition) is 2. The number of hydrogen-bond acceptors (Lipinski definition) is 5. The molecule has 3 rings (SSSR count). The summed E-state index contributed by atoms with van der Waals surface area (Å²) >= 11 is 0. The molecule has 0 saturated heterocycles. The van der Waals surface area contributed by atoms with Crippen molar-refractivity contribution < 1.29 is 24.5 Å². The van der Waals surface area contributed by atoms with E-state index in [1.807, 2.05) is 30.3 Å². The summed E-state index contributed by atoms with van der Waals surface area (Å²) in [4.78, 5) is 11.3. The Bertz CT molecular complexity index is 739. The van der Waals surface area contributed by atoms with Gasteiger partial charge >= 0.3 is 0 Å². The smallest absolute Gasteiger partial charge is 0.157 e. The quantitative estimate of drug-likeness (QED) is 0.852. The van der Waals surface area contributed by atoms with Crippen LogP contribution in [-0.4, -0.2) is 23.6 Å². The van der Waals surface area contributed by atoms with E-state index in [-0.39, 0.29) is 23.2 Å². The monoisotopic (exact) mass is 314 g/mol. The van der Waals surface area contributed by atoms with Crippen LogP contribution in [0.2, 0.25) is 0 Å². The Morgan fingerprint density at radius 1 is 1.30 bits per heavy atom. The highest BCUT2D eigenvalue weighted by atomic mass is 16.5. The number of fused-ring (bicyclic) bond motifs is 1. The second kappa shape index (κ2) is 5.93. The molecule has 1 aliphatic rings. The third-order valence-electron chi connectivity index (χ3n) is 4.21. The van der Waals surface area contributed by atoms with Crippen molar-refractivity contribution >= 4 is 6.29 Å². The number of carbonyl (C=O) groups is 1. The number of ether oxygens (including phenoxy) is 2. The van der Waals surface area contributed by atoms with Crippen molar-refractivity contribution in [3.8, 4) is 17.2 Å². The van der Waals surface area contributed by atoms with E-state index < -0.39 is 6.10 Å². The van der Waals surface area contributed by atoms with Crippen LogP contribution in [0.1, 0.15) is 45.7 Å². The van der Waals surface area contributed by atoms with E-state index in [9.17, 15) is 15.0 Å². The highest BCUT2D eigenvalue weighted by Gasteiger charge is 2.35. The Morgan fingerprint density at radius 3 is 2.61 bits per heavy atom. The van der Waals surface area contributed by atoms with Gasteiger partial charge in [0.1, 0.15) is 23.4 Å². The topological polar surface area (TPSA) is 76.0 Å². The van der Waals surface area contributed by atoms with Crippen molar-refractivity contribution in [2.75, 3.05) is 7.11 Å².